The van der Waals surface area contributed by atoms with Gasteiger partial charge in [0.2, 0.25) is 5.91 Å². The predicted octanol–water partition coefficient (Wildman–Crippen LogP) is 4.50. The predicted molar refractivity (Wildman–Crippen MR) is 90.4 cm³/mol. The zero-order valence-corrected chi connectivity index (χ0v) is 14.4. The van der Waals surface area contributed by atoms with E-state index in [0.717, 1.165) is 49.5 Å². The van der Waals surface area contributed by atoms with Crippen molar-refractivity contribution >= 4 is 17.2 Å². The van der Waals surface area contributed by atoms with Crippen molar-refractivity contribution in [2.75, 3.05) is 13.1 Å². The Bertz CT molecular complexity index is 692. The molecule has 1 aromatic carbocycles. The number of hydrogen-bond acceptors (Lipinski definition) is 3. The zero-order chi connectivity index (χ0) is 17.9. The van der Waals surface area contributed by atoms with Gasteiger partial charge in [-0.25, -0.2) is 4.98 Å². The molecular formula is C18H19F3N2OS. The lowest BCUT2D eigenvalue weighted by atomic mass is 9.96. The van der Waals surface area contributed by atoms with Gasteiger partial charge >= 0.3 is 6.18 Å². The summed E-state index contributed by atoms with van der Waals surface area (Å²) in [6.45, 7) is 1.49. The number of likely N-dealkylation sites (tertiary alicyclic amines) is 1. The standard InChI is InChI=1S/C18H19F3N2OS/c19-18(20,21)14-6-4-13(5-7-14)12-15(16-22-8-11-25-16)17(24)23-9-2-1-3-10-23/h4-8,11,15H,1-3,9-10,12H2. The van der Waals surface area contributed by atoms with Crippen molar-refractivity contribution in [1.82, 2.24) is 9.88 Å². The highest BCUT2D eigenvalue weighted by Crippen LogP contribution is 2.31. The molecule has 1 saturated heterocycles. The van der Waals surface area contributed by atoms with Gasteiger partial charge in [0.15, 0.2) is 0 Å². The lowest BCUT2D eigenvalue weighted by Crippen LogP contribution is -2.39. The van der Waals surface area contributed by atoms with Gasteiger partial charge in [0.1, 0.15) is 5.01 Å². The fourth-order valence-electron chi connectivity index (χ4n) is 3.09. The van der Waals surface area contributed by atoms with Crippen molar-refractivity contribution < 1.29 is 18.0 Å². The number of benzene rings is 1. The molecule has 1 aromatic heterocycles. The van der Waals surface area contributed by atoms with Crippen LogP contribution in [0.2, 0.25) is 0 Å². The Labute approximate surface area is 148 Å². The highest BCUT2D eigenvalue weighted by atomic mass is 32.1. The molecule has 1 aliphatic rings. The van der Waals surface area contributed by atoms with E-state index in [9.17, 15) is 18.0 Å². The average Bonchev–Trinajstić information content (AvgIpc) is 3.14. The summed E-state index contributed by atoms with van der Waals surface area (Å²) in [6.07, 6.45) is 0.791. The third kappa shape index (κ3) is 4.39. The third-order valence-electron chi connectivity index (χ3n) is 4.44. The number of halogens is 3. The number of thiazole rings is 1. The minimum atomic E-state index is -4.35. The van der Waals surface area contributed by atoms with Crippen LogP contribution in [-0.2, 0) is 17.4 Å². The fraction of sp³-hybridized carbons (Fsp3) is 0.444. The van der Waals surface area contributed by atoms with Crippen LogP contribution >= 0.6 is 11.3 Å². The van der Waals surface area contributed by atoms with Crippen LogP contribution in [-0.4, -0.2) is 28.9 Å². The number of amides is 1. The van der Waals surface area contributed by atoms with E-state index in [-0.39, 0.29) is 5.91 Å². The fourth-order valence-corrected chi connectivity index (χ4v) is 3.82. The molecule has 7 heteroatoms. The van der Waals surface area contributed by atoms with Gasteiger partial charge < -0.3 is 4.90 Å². The number of alkyl halides is 3. The summed E-state index contributed by atoms with van der Waals surface area (Å²) < 4.78 is 38.1. The molecule has 0 saturated carbocycles. The highest BCUT2D eigenvalue weighted by molar-refractivity contribution is 7.09. The second kappa shape index (κ2) is 7.56. The van der Waals surface area contributed by atoms with Crippen molar-refractivity contribution in [1.29, 1.82) is 0 Å². The molecule has 1 atom stereocenters. The number of carbonyl (C=O) groups is 1. The van der Waals surface area contributed by atoms with Crippen LogP contribution in [0.3, 0.4) is 0 Å². The van der Waals surface area contributed by atoms with Crippen LogP contribution in [0.5, 0.6) is 0 Å². The third-order valence-corrected chi connectivity index (χ3v) is 5.33. The quantitative estimate of drug-likeness (QED) is 0.796. The second-order valence-corrected chi connectivity index (χ2v) is 7.13. The Kier molecular flexibility index (Phi) is 5.42. The Morgan fingerprint density at radius 2 is 1.84 bits per heavy atom. The molecular weight excluding hydrogens is 349 g/mol. The Hall–Kier alpha value is -1.89. The summed E-state index contributed by atoms with van der Waals surface area (Å²) in [7, 11) is 0. The topological polar surface area (TPSA) is 33.2 Å². The van der Waals surface area contributed by atoms with Crippen LogP contribution in [0.15, 0.2) is 35.8 Å². The number of aromatic nitrogens is 1. The monoisotopic (exact) mass is 368 g/mol. The van der Waals surface area contributed by atoms with Gasteiger partial charge in [0.25, 0.3) is 0 Å². The summed E-state index contributed by atoms with van der Waals surface area (Å²) in [5, 5.41) is 2.54. The summed E-state index contributed by atoms with van der Waals surface area (Å²) in [6, 6.07) is 5.04. The van der Waals surface area contributed by atoms with Crippen molar-refractivity contribution in [3.05, 3.63) is 52.0 Å². The van der Waals surface area contributed by atoms with Crippen LogP contribution in [0.4, 0.5) is 13.2 Å². The first-order chi connectivity index (χ1) is 11.9. The first-order valence-electron chi connectivity index (χ1n) is 8.29. The largest absolute Gasteiger partial charge is 0.416 e. The van der Waals surface area contributed by atoms with Gasteiger partial charge in [0, 0.05) is 24.7 Å². The van der Waals surface area contributed by atoms with Crippen LogP contribution in [0.1, 0.15) is 41.3 Å². The SMILES string of the molecule is O=C(C(Cc1ccc(C(F)(F)F)cc1)c1nccs1)N1CCCCC1. The van der Waals surface area contributed by atoms with E-state index < -0.39 is 17.7 Å². The number of nitrogens with zero attached hydrogens (tertiary/aromatic N) is 2. The maximum absolute atomic E-state index is 12.9. The van der Waals surface area contributed by atoms with Crippen LogP contribution < -0.4 is 0 Å². The van der Waals surface area contributed by atoms with E-state index in [1.165, 1.54) is 23.5 Å². The summed E-state index contributed by atoms with van der Waals surface area (Å²) in [5.41, 5.74) is 0.0305. The number of hydrogen-bond donors (Lipinski definition) is 0. The van der Waals surface area contributed by atoms with E-state index in [0.29, 0.717) is 12.0 Å². The molecule has 0 N–H and O–H groups in total. The van der Waals surface area contributed by atoms with E-state index in [1.807, 2.05) is 10.3 Å². The molecule has 1 amide bonds. The lowest BCUT2D eigenvalue weighted by molar-refractivity contribution is -0.137. The molecule has 1 unspecified atom stereocenters. The van der Waals surface area contributed by atoms with Gasteiger partial charge in [-0.05, 0) is 43.4 Å². The van der Waals surface area contributed by atoms with Gasteiger partial charge in [0.05, 0.1) is 11.5 Å². The molecule has 1 aliphatic heterocycles. The molecule has 2 aromatic rings. The Morgan fingerprint density at radius 1 is 1.16 bits per heavy atom. The first kappa shape index (κ1) is 17.9. The normalized spacial score (nSPS) is 16.7. The van der Waals surface area contributed by atoms with E-state index in [4.69, 9.17) is 0 Å². The molecule has 2 heterocycles. The van der Waals surface area contributed by atoms with Crippen molar-refractivity contribution in [3.63, 3.8) is 0 Å². The van der Waals surface area contributed by atoms with Gasteiger partial charge in [-0.1, -0.05) is 12.1 Å². The number of piperidine rings is 1. The van der Waals surface area contributed by atoms with Gasteiger partial charge in [-0.2, -0.15) is 13.2 Å². The molecule has 3 nitrogen and oxygen atoms in total. The molecule has 0 radical (unpaired) electrons. The second-order valence-electron chi connectivity index (χ2n) is 6.21. The lowest BCUT2D eigenvalue weighted by Gasteiger charge is -2.30. The molecule has 0 aliphatic carbocycles. The van der Waals surface area contributed by atoms with Gasteiger partial charge in [-0.3, -0.25) is 4.79 Å². The summed E-state index contributed by atoms with van der Waals surface area (Å²) in [5.74, 6) is -0.413. The summed E-state index contributed by atoms with van der Waals surface area (Å²) in [4.78, 5) is 19.1. The maximum Gasteiger partial charge on any atom is 0.416 e. The smallest absolute Gasteiger partial charge is 0.342 e. The molecule has 0 spiro atoms. The zero-order valence-electron chi connectivity index (χ0n) is 13.6. The first-order valence-corrected chi connectivity index (χ1v) is 9.17. The molecule has 3 rings (SSSR count). The molecule has 1 fully saturated rings. The molecule has 25 heavy (non-hydrogen) atoms. The number of rotatable bonds is 4. The minimum Gasteiger partial charge on any atom is -0.342 e. The van der Waals surface area contributed by atoms with Crippen molar-refractivity contribution in [3.8, 4) is 0 Å². The Balaban J connectivity index is 1.79. The van der Waals surface area contributed by atoms with E-state index >= 15 is 0 Å². The van der Waals surface area contributed by atoms with Crippen LogP contribution in [0.25, 0.3) is 0 Å². The van der Waals surface area contributed by atoms with E-state index in [2.05, 4.69) is 4.98 Å². The van der Waals surface area contributed by atoms with Crippen LogP contribution in [0, 0.1) is 0 Å². The Morgan fingerprint density at radius 3 is 2.40 bits per heavy atom. The minimum absolute atomic E-state index is 0.0227. The highest BCUT2D eigenvalue weighted by Gasteiger charge is 2.31. The summed E-state index contributed by atoms with van der Waals surface area (Å²) >= 11 is 1.41. The average molecular weight is 368 g/mol. The maximum atomic E-state index is 12.9. The van der Waals surface area contributed by atoms with Crippen molar-refractivity contribution in [2.24, 2.45) is 0 Å². The van der Waals surface area contributed by atoms with E-state index in [1.54, 1.807) is 6.20 Å². The van der Waals surface area contributed by atoms with Crippen molar-refractivity contribution in [2.45, 2.75) is 37.8 Å². The van der Waals surface area contributed by atoms with Gasteiger partial charge in [-0.15, -0.1) is 11.3 Å². The molecule has 134 valence electrons. The number of carbonyl (C=O) groups excluding carboxylic acids is 1. The molecule has 0 bridgehead atoms.